The predicted octanol–water partition coefficient (Wildman–Crippen LogP) is 10.3. The molecule has 0 bridgehead atoms. The molecule has 0 N–H and O–H groups in total. The van der Waals surface area contributed by atoms with Gasteiger partial charge in [-0.15, -0.1) is 0 Å². The molecular weight excluding hydrogens is 500 g/mol. The largest absolute Gasteiger partial charge is 0.455 e. The average Bonchev–Trinajstić information content (AvgIpc) is 3.44. The van der Waals surface area contributed by atoms with E-state index in [4.69, 9.17) is 14.4 Å². The van der Waals surface area contributed by atoms with Gasteiger partial charge in [0, 0.05) is 32.7 Å². The summed E-state index contributed by atoms with van der Waals surface area (Å²) in [6, 6.07) is 44.6. The molecule has 0 aliphatic heterocycles. The number of furan rings is 1. The maximum absolute atomic E-state index is 6.51. The minimum absolute atomic E-state index is 0.849. The maximum Gasteiger partial charge on any atom is 0.143 e. The van der Waals surface area contributed by atoms with Crippen LogP contribution in [0.2, 0.25) is 0 Å². The van der Waals surface area contributed by atoms with Crippen LogP contribution in [-0.2, 0) is 0 Å². The standard InChI is InChI=1S/C38H22N2O/c1-2-13-26-24(10-1)21-32(38-35(26)31-18-7-8-19-34(31)41-38)23-11-9-12-25(20-23)33-22-39-36-29-16-5-3-14-27(29)28-15-4-6-17-30(28)37(36)40-33/h1-22H. The van der Waals surface area contributed by atoms with Gasteiger partial charge in [0.15, 0.2) is 0 Å². The SMILES string of the molecule is c1cc(-c2cnc3c4ccccc4c4ccccc4c3n2)cc(-c2cc3ccccc3c3c2oc2ccccc23)c1. The molecule has 3 nitrogen and oxygen atoms in total. The smallest absolute Gasteiger partial charge is 0.143 e. The van der Waals surface area contributed by atoms with Gasteiger partial charge in [0.1, 0.15) is 11.2 Å². The Labute approximate surface area is 235 Å². The molecule has 0 unspecified atom stereocenters. The van der Waals surface area contributed by atoms with Gasteiger partial charge >= 0.3 is 0 Å². The normalized spacial score (nSPS) is 11.9. The lowest BCUT2D eigenvalue weighted by molar-refractivity contribution is 0.670. The van der Waals surface area contributed by atoms with Crippen molar-refractivity contribution in [2.45, 2.75) is 0 Å². The molecule has 0 atom stereocenters. The number of nitrogens with zero attached hydrogens (tertiary/aromatic N) is 2. The van der Waals surface area contributed by atoms with Crippen LogP contribution in [-0.4, -0.2) is 9.97 Å². The zero-order valence-electron chi connectivity index (χ0n) is 22.0. The van der Waals surface area contributed by atoms with Crippen molar-refractivity contribution in [3.05, 3.63) is 134 Å². The summed E-state index contributed by atoms with van der Waals surface area (Å²) in [5.41, 5.74) is 7.68. The van der Waals surface area contributed by atoms with Gasteiger partial charge in [0.05, 0.1) is 22.9 Å². The summed E-state index contributed by atoms with van der Waals surface area (Å²) >= 11 is 0. The summed E-state index contributed by atoms with van der Waals surface area (Å²) in [5, 5.41) is 9.31. The van der Waals surface area contributed by atoms with Gasteiger partial charge in [-0.05, 0) is 45.3 Å². The molecule has 9 aromatic rings. The molecular formula is C38H22N2O. The fourth-order valence-electron chi connectivity index (χ4n) is 6.40. The zero-order valence-corrected chi connectivity index (χ0v) is 22.0. The van der Waals surface area contributed by atoms with E-state index in [1.54, 1.807) is 0 Å². The Morgan fingerprint density at radius 1 is 0.488 bits per heavy atom. The number of hydrogen-bond acceptors (Lipinski definition) is 3. The van der Waals surface area contributed by atoms with E-state index < -0.39 is 0 Å². The summed E-state index contributed by atoms with van der Waals surface area (Å²) in [6.45, 7) is 0. The number of aromatic nitrogens is 2. The number of hydrogen-bond donors (Lipinski definition) is 0. The van der Waals surface area contributed by atoms with Crippen LogP contribution in [0.5, 0.6) is 0 Å². The third kappa shape index (κ3) is 3.26. The van der Waals surface area contributed by atoms with Gasteiger partial charge in [-0.1, -0.05) is 109 Å². The third-order valence-corrected chi connectivity index (χ3v) is 8.27. The van der Waals surface area contributed by atoms with E-state index >= 15 is 0 Å². The van der Waals surface area contributed by atoms with E-state index in [0.717, 1.165) is 66.1 Å². The van der Waals surface area contributed by atoms with E-state index in [-0.39, 0.29) is 0 Å². The number of fused-ring (bicyclic) bond motifs is 11. The second kappa shape index (κ2) is 8.48. The highest BCUT2D eigenvalue weighted by Crippen LogP contribution is 2.41. The van der Waals surface area contributed by atoms with Crippen LogP contribution in [0.15, 0.2) is 138 Å². The molecule has 7 aromatic carbocycles. The highest BCUT2D eigenvalue weighted by Gasteiger charge is 2.17. The second-order valence-corrected chi connectivity index (χ2v) is 10.6. The van der Waals surface area contributed by atoms with Crippen molar-refractivity contribution in [1.29, 1.82) is 0 Å². The van der Waals surface area contributed by atoms with Crippen LogP contribution in [0.3, 0.4) is 0 Å². The van der Waals surface area contributed by atoms with Gasteiger partial charge in [0.25, 0.3) is 0 Å². The molecule has 2 heterocycles. The average molecular weight is 523 g/mol. The van der Waals surface area contributed by atoms with Gasteiger partial charge in [0.2, 0.25) is 0 Å². The molecule has 0 aliphatic carbocycles. The first-order chi connectivity index (χ1) is 20.3. The van der Waals surface area contributed by atoms with E-state index in [1.165, 1.54) is 21.5 Å². The molecule has 9 rings (SSSR count). The van der Waals surface area contributed by atoms with Crippen LogP contribution >= 0.6 is 0 Å². The lowest BCUT2D eigenvalue weighted by Gasteiger charge is -2.11. The molecule has 41 heavy (non-hydrogen) atoms. The van der Waals surface area contributed by atoms with E-state index in [9.17, 15) is 0 Å². The fourth-order valence-corrected chi connectivity index (χ4v) is 6.40. The monoisotopic (exact) mass is 522 g/mol. The van der Waals surface area contributed by atoms with E-state index in [2.05, 4.69) is 115 Å². The lowest BCUT2D eigenvalue weighted by Crippen LogP contribution is -1.92. The molecule has 0 saturated carbocycles. The van der Waals surface area contributed by atoms with Gasteiger partial charge < -0.3 is 4.42 Å². The Morgan fingerprint density at radius 3 is 1.93 bits per heavy atom. The van der Waals surface area contributed by atoms with Crippen LogP contribution in [0.25, 0.3) is 87.7 Å². The van der Waals surface area contributed by atoms with Gasteiger partial charge in [-0.25, -0.2) is 4.98 Å². The Hall–Kier alpha value is -5.54. The minimum Gasteiger partial charge on any atom is -0.455 e. The molecule has 0 saturated heterocycles. The van der Waals surface area contributed by atoms with Crippen molar-refractivity contribution in [3.63, 3.8) is 0 Å². The molecule has 2 aromatic heterocycles. The van der Waals surface area contributed by atoms with Crippen molar-refractivity contribution >= 4 is 65.3 Å². The number of para-hydroxylation sites is 1. The third-order valence-electron chi connectivity index (χ3n) is 8.27. The highest BCUT2D eigenvalue weighted by molar-refractivity contribution is 6.24. The summed E-state index contributed by atoms with van der Waals surface area (Å²) in [6.07, 6.45) is 1.90. The predicted molar refractivity (Wildman–Crippen MR) is 170 cm³/mol. The quantitative estimate of drug-likeness (QED) is 0.212. The Morgan fingerprint density at radius 2 is 1.12 bits per heavy atom. The number of rotatable bonds is 2. The summed E-state index contributed by atoms with van der Waals surface area (Å²) < 4.78 is 6.51. The summed E-state index contributed by atoms with van der Waals surface area (Å²) in [7, 11) is 0. The van der Waals surface area contributed by atoms with E-state index in [1.807, 2.05) is 18.3 Å². The highest BCUT2D eigenvalue weighted by atomic mass is 16.3. The molecule has 0 radical (unpaired) electrons. The summed E-state index contributed by atoms with van der Waals surface area (Å²) in [5.74, 6) is 0. The van der Waals surface area contributed by atoms with E-state index in [0.29, 0.717) is 0 Å². The molecule has 0 aliphatic rings. The van der Waals surface area contributed by atoms with Crippen LogP contribution in [0, 0.1) is 0 Å². The Kier molecular flexibility index (Phi) is 4.61. The van der Waals surface area contributed by atoms with Crippen molar-refractivity contribution in [2.24, 2.45) is 0 Å². The molecule has 0 fully saturated rings. The van der Waals surface area contributed by atoms with Gasteiger partial charge in [-0.2, -0.15) is 0 Å². The van der Waals surface area contributed by atoms with Crippen LogP contribution < -0.4 is 0 Å². The maximum atomic E-state index is 6.51. The first-order valence-corrected chi connectivity index (χ1v) is 13.8. The van der Waals surface area contributed by atoms with Crippen molar-refractivity contribution in [2.75, 3.05) is 0 Å². The second-order valence-electron chi connectivity index (χ2n) is 10.6. The first-order valence-electron chi connectivity index (χ1n) is 13.8. The minimum atomic E-state index is 0.849. The molecule has 0 spiro atoms. The zero-order chi connectivity index (χ0) is 26.9. The first kappa shape index (κ1) is 22.3. The topological polar surface area (TPSA) is 38.9 Å². The van der Waals surface area contributed by atoms with Crippen LogP contribution in [0.4, 0.5) is 0 Å². The molecule has 0 amide bonds. The Bertz CT molecular complexity index is 2450. The Balaban J connectivity index is 1.29. The lowest BCUT2D eigenvalue weighted by atomic mass is 9.95. The molecule has 3 heteroatoms. The van der Waals surface area contributed by atoms with Crippen molar-refractivity contribution in [1.82, 2.24) is 9.97 Å². The van der Waals surface area contributed by atoms with Crippen LogP contribution in [0.1, 0.15) is 0 Å². The van der Waals surface area contributed by atoms with Gasteiger partial charge in [-0.3, -0.25) is 4.98 Å². The van der Waals surface area contributed by atoms with Crippen molar-refractivity contribution in [3.8, 4) is 22.4 Å². The molecule has 190 valence electrons. The summed E-state index contributed by atoms with van der Waals surface area (Å²) in [4.78, 5) is 10.2. The fraction of sp³-hybridized carbons (Fsp3) is 0. The number of benzene rings is 7. The van der Waals surface area contributed by atoms with Crippen molar-refractivity contribution < 1.29 is 4.42 Å².